The van der Waals surface area contributed by atoms with Gasteiger partial charge in [-0.3, -0.25) is 0 Å². The van der Waals surface area contributed by atoms with Crippen LogP contribution >= 0.6 is 0 Å². The lowest BCUT2D eigenvalue weighted by Crippen LogP contribution is -2.43. The molecule has 2 heterocycles. The summed E-state index contributed by atoms with van der Waals surface area (Å²) in [4.78, 5) is 0. The van der Waals surface area contributed by atoms with Crippen molar-refractivity contribution in [3.63, 3.8) is 0 Å². The second kappa shape index (κ2) is 4.92. The molecule has 0 aliphatic carbocycles. The SMILES string of the molecule is C=C1[C@H]2OC(C)(C)OC2O[C@@H]1CO[Si](C)(C)C(C)(C)C. The minimum Gasteiger partial charge on any atom is -0.414 e. The van der Waals surface area contributed by atoms with E-state index in [4.69, 9.17) is 18.6 Å². The second-order valence-corrected chi connectivity index (χ2v) is 12.5. The fourth-order valence-corrected chi connectivity index (χ4v) is 3.16. The largest absolute Gasteiger partial charge is 0.414 e. The highest BCUT2D eigenvalue weighted by atomic mass is 28.4. The summed E-state index contributed by atoms with van der Waals surface area (Å²) >= 11 is 0. The maximum atomic E-state index is 6.21. The van der Waals surface area contributed by atoms with Crippen molar-refractivity contribution in [2.45, 2.75) is 77.0 Å². The number of hydrogen-bond acceptors (Lipinski definition) is 4. The number of fused-ring (bicyclic) bond motifs is 1. The van der Waals surface area contributed by atoms with E-state index in [2.05, 4.69) is 40.4 Å². The molecule has 2 aliphatic heterocycles. The lowest BCUT2D eigenvalue weighted by Gasteiger charge is -2.37. The van der Waals surface area contributed by atoms with Gasteiger partial charge in [-0.05, 0) is 37.6 Å². The zero-order valence-electron chi connectivity index (χ0n) is 13.8. The van der Waals surface area contributed by atoms with Crippen LogP contribution < -0.4 is 0 Å². The van der Waals surface area contributed by atoms with E-state index in [1.165, 1.54) is 0 Å². The van der Waals surface area contributed by atoms with Crippen LogP contribution in [0.3, 0.4) is 0 Å². The molecule has 0 bridgehead atoms. The van der Waals surface area contributed by atoms with Crippen LogP contribution in [0.5, 0.6) is 0 Å². The zero-order chi connectivity index (χ0) is 15.3. The molecule has 0 amide bonds. The molecule has 2 saturated heterocycles. The standard InChI is InChI=1S/C15H28O4Si/c1-10-11(9-16-20(7,8)14(2,3)4)17-13-12(10)18-15(5,6)19-13/h11-13H,1,9H2,2-8H3/t11-,12-,13?/m1/s1. The van der Waals surface area contributed by atoms with Crippen molar-refractivity contribution >= 4 is 8.32 Å². The van der Waals surface area contributed by atoms with Crippen LogP contribution in [0.15, 0.2) is 12.2 Å². The first-order valence-corrected chi connectivity index (χ1v) is 10.2. The molecule has 0 spiro atoms. The highest BCUT2D eigenvalue weighted by Crippen LogP contribution is 2.41. The quantitative estimate of drug-likeness (QED) is 0.591. The van der Waals surface area contributed by atoms with E-state index in [-0.39, 0.29) is 23.5 Å². The lowest BCUT2D eigenvalue weighted by atomic mass is 10.1. The second-order valence-electron chi connectivity index (χ2n) is 7.70. The lowest BCUT2D eigenvalue weighted by molar-refractivity contribution is -0.202. The van der Waals surface area contributed by atoms with Crippen LogP contribution in [-0.2, 0) is 18.6 Å². The van der Waals surface area contributed by atoms with E-state index in [1.807, 2.05) is 13.8 Å². The molecule has 116 valence electrons. The summed E-state index contributed by atoms with van der Waals surface area (Å²) in [6.07, 6.45) is -0.640. The van der Waals surface area contributed by atoms with E-state index >= 15 is 0 Å². The molecular formula is C15H28O4Si. The maximum absolute atomic E-state index is 6.21. The Labute approximate surface area is 123 Å². The van der Waals surface area contributed by atoms with Crippen molar-refractivity contribution in [2.24, 2.45) is 0 Å². The minimum atomic E-state index is -1.77. The van der Waals surface area contributed by atoms with Crippen LogP contribution in [0.25, 0.3) is 0 Å². The number of ether oxygens (including phenoxy) is 3. The van der Waals surface area contributed by atoms with Crippen LogP contribution in [0, 0.1) is 0 Å². The third-order valence-corrected chi connectivity index (χ3v) is 9.04. The number of rotatable bonds is 3. The van der Waals surface area contributed by atoms with Gasteiger partial charge in [-0.25, -0.2) is 0 Å². The van der Waals surface area contributed by atoms with Crippen molar-refractivity contribution < 1.29 is 18.6 Å². The Morgan fingerprint density at radius 2 is 1.85 bits per heavy atom. The summed E-state index contributed by atoms with van der Waals surface area (Å²) in [5, 5.41) is 0.192. The highest BCUT2D eigenvalue weighted by Gasteiger charge is 2.51. The maximum Gasteiger partial charge on any atom is 0.192 e. The molecule has 0 saturated carbocycles. The Morgan fingerprint density at radius 3 is 2.35 bits per heavy atom. The smallest absolute Gasteiger partial charge is 0.192 e. The Bertz CT molecular complexity index is 397. The third kappa shape index (κ3) is 3.02. The number of hydrogen-bond donors (Lipinski definition) is 0. The summed E-state index contributed by atoms with van der Waals surface area (Å²) in [7, 11) is -1.77. The molecule has 2 aliphatic rings. The Kier molecular flexibility index (Phi) is 3.98. The fraction of sp³-hybridized carbons (Fsp3) is 0.867. The van der Waals surface area contributed by atoms with Gasteiger partial charge in [-0.2, -0.15) is 0 Å². The van der Waals surface area contributed by atoms with Crippen LogP contribution in [0.4, 0.5) is 0 Å². The van der Waals surface area contributed by atoms with Crippen LogP contribution in [0.2, 0.25) is 18.1 Å². The molecule has 2 rings (SSSR count). The predicted octanol–water partition coefficient (Wildman–Crippen LogP) is 3.44. The molecular weight excluding hydrogens is 272 g/mol. The normalized spacial score (nSPS) is 33.5. The molecule has 20 heavy (non-hydrogen) atoms. The van der Waals surface area contributed by atoms with Crippen molar-refractivity contribution in [1.82, 2.24) is 0 Å². The Morgan fingerprint density at radius 1 is 1.25 bits per heavy atom. The van der Waals surface area contributed by atoms with Gasteiger partial charge in [0.05, 0.1) is 6.61 Å². The molecule has 5 heteroatoms. The van der Waals surface area contributed by atoms with E-state index in [1.54, 1.807) is 0 Å². The summed E-state index contributed by atoms with van der Waals surface area (Å²) < 4.78 is 23.6. The summed E-state index contributed by atoms with van der Waals surface area (Å²) in [6, 6.07) is 0. The van der Waals surface area contributed by atoms with Crippen molar-refractivity contribution in [2.75, 3.05) is 6.61 Å². The van der Waals surface area contributed by atoms with Gasteiger partial charge in [0.25, 0.3) is 0 Å². The summed E-state index contributed by atoms with van der Waals surface area (Å²) in [6.45, 7) is 19.6. The first-order valence-electron chi connectivity index (χ1n) is 7.27. The summed E-state index contributed by atoms with van der Waals surface area (Å²) in [5.41, 5.74) is 0.930. The van der Waals surface area contributed by atoms with Crippen LogP contribution in [0.1, 0.15) is 34.6 Å². The first kappa shape index (κ1) is 16.2. The molecule has 0 aromatic carbocycles. The average Bonchev–Trinajstić information content (AvgIpc) is 2.69. The molecule has 3 atom stereocenters. The average molecular weight is 300 g/mol. The van der Waals surface area contributed by atoms with Crippen molar-refractivity contribution in [3.05, 3.63) is 12.2 Å². The highest BCUT2D eigenvalue weighted by molar-refractivity contribution is 6.74. The van der Waals surface area contributed by atoms with Gasteiger partial charge >= 0.3 is 0 Å². The van der Waals surface area contributed by atoms with Gasteiger partial charge in [0, 0.05) is 0 Å². The van der Waals surface area contributed by atoms with Gasteiger partial charge in [0.15, 0.2) is 20.4 Å². The zero-order valence-corrected chi connectivity index (χ0v) is 14.8. The third-order valence-electron chi connectivity index (χ3n) is 4.54. The van der Waals surface area contributed by atoms with E-state index < -0.39 is 14.1 Å². The first-order chi connectivity index (χ1) is 8.93. The van der Waals surface area contributed by atoms with E-state index in [9.17, 15) is 0 Å². The van der Waals surface area contributed by atoms with Gasteiger partial charge < -0.3 is 18.6 Å². The van der Waals surface area contributed by atoms with Gasteiger partial charge in [-0.15, -0.1) is 0 Å². The molecule has 0 radical (unpaired) electrons. The van der Waals surface area contributed by atoms with Gasteiger partial charge in [0.1, 0.15) is 12.2 Å². The van der Waals surface area contributed by atoms with Crippen LogP contribution in [-0.4, -0.2) is 39.2 Å². The topological polar surface area (TPSA) is 36.9 Å². The van der Waals surface area contributed by atoms with Crippen molar-refractivity contribution in [3.8, 4) is 0 Å². The monoisotopic (exact) mass is 300 g/mol. The molecule has 0 N–H and O–H groups in total. The molecule has 0 aromatic rings. The fourth-order valence-electron chi connectivity index (χ4n) is 2.16. The molecule has 4 nitrogen and oxygen atoms in total. The molecule has 2 fully saturated rings. The minimum absolute atomic E-state index is 0.129. The van der Waals surface area contributed by atoms with E-state index in [0.29, 0.717) is 6.61 Å². The summed E-state index contributed by atoms with van der Waals surface area (Å²) in [5.74, 6) is -0.594. The molecule has 0 aromatic heterocycles. The Balaban J connectivity index is 1.93. The predicted molar refractivity (Wildman–Crippen MR) is 81.0 cm³/mol. The van der Waals surface area contributed by atoms with E-state index in [0.717, 1.165) is 5.57 Å². The Hall–Kier alpha value is -0.203. The van der Waals surface area contributed by atoms with Gasteiger partial charge in [-0.1, -0.05) is 27.4 Å². The molecule has 1 unspecified atom stereocenters. The van der Waals surface area contributed by atoms with Crippen molar-refractivity contribution in [1.29, 1.82) is 0 Å². The van der Waals surface area contributed by atoms with Gasteiger partial charge in [0.2, 0.25) is 0 Å².